The van der Waals surface area contributed by atoms with Crippen molar-refractivity contribution in [2.24, 2.45) is 0 Å². The van der Waals surface area contributed by atoms with E-state index in [0.29, 0.717) is 5.69 Å². The Morgan fingerprint density at radius 3 is 2.07 bits per heavy atom. The third-order valence-corrected chi connectivity index (χ3v) is 4.57. The predicted molar refractivity (Wildman–Crippen MR) is 115 cm³/mol. The van der Waals surface area contributed by atoms with E-state index >= 15 is 0 Å². The van der Waals surface area contributed by atoms with Crippen molar-refractivity contribution in [1.82, 2.24) is 10.6 Å². The third kappa shape index (κ3) is 6.83. The van der Waals surface area contributed by atoms with Gasteiger partial charge in [0.1, 0.15) is 5.82 Å². The average Bonchev–Trinajstić information content (AvgIpc) is 2.78. The molecule has 3 N–H and O–H groups in total. The number of amides is 2. The molecule has 0 aliphatic rings. The van der Waals surface area contributed by atoms with Crippen LogP contribution in [-0.2, 0) is 16.0 Å². The SMILES string of the molecule is O=C(CNC(Cc1ccccc1)c1ccccc1)NCC(=O)Nc1ccc(F)cc1. The molecule has 0 aliphatic heterocycles. The van der Waals surface area contributed by atoms with Crippen molar-refractivity contribution in [3.8, 4) is 0 Å². The molecule has 3 aromatic rings. The lowest BCUT2D eigenvalue weighted by atomic mass is 9.99. The Morgan fingerprint density at radius 1 is 0.767 bits per heavy atom. The molecular weight excluding hydrogens is 381 g/mol. The Bertz CT molecular complexity index is 947. The lowest BCUT2D eigenvalue weighted by Gasteiger charge is -2.19. The summed E-state index contributed by atoms with van der Waals surface area (Å²) < 4.78 is 12.9. The number of halogens is 1. The van der Waals surface area contributed by atoms with Crippen molar-refractivity contribution < 1.29 is 14.0 Å². The zero-order chi connectivity index (χ0) is 21.2. The van der Waals surface area contributed by atoms with Crippen LogP contribution in [0.25, 0.3) is 0 Å². The molecule has 3 rings (SSSR count). The van der Waals surface area contributed by atoms with E-state index in [4.69, 9.17) is 0 Å². The average molecular weight is 405 g/mol. The molecule has 0 aliphatic carbocycles. The first-order chi connectivity index (χ1) is 14.6. The number of hydrogen-bond acceptors (Lipinski definition) is 3. The van der Waals surface area contributed by atoms with E-state index < -0.39 is 0 Å². The highest BCUT2D eigenvalue weighted by Crippen LogP contribution is 2.18. The van der Waals surface area contributed by atoms with Gasteiger partial charge in [0.05, 0.1) is 13.1 Å². The van der Waals surface area contributed by atoms with Gasteiger partial charge in [-0.25, -0.2) is 4.39 Å². The normalized spacial score (nSPS) is 11.5. The fourth-order valence-electron chi connectivity index (χ4n) is 3.04. The van der Waals surface area contributed by atoms with E-state index in [2.05, 4.69) is 28.1 Å². The highest BCUT2D eigenvalue weighted by Gasteiger charge is 2.14. The Hall–Kier alpha value is -3.51. The molecule has 1 unspecified atom stereocenters. The van der Waals surface area contributed by atoms with Gasteiger partial charge in [0.25, 0.3) is 0 Å². The van der Waals surface area contributed by atoms with Crippen molar-refractivity contribution in [1.29, 1.82) is 0 Å². The Labute approximate surface area is 175 Å². The monoisotopic (exact) mass is 405 g/mol. The van der Waals surface area contributed by atoms with Crippen molar-refractivity contribution >= 4 is 17.5 Å². The first-order valence-corrected chi connectivity index (χ1v) is 9.74. The van der Waals surface area contributed by atoms with Gasteiger partial charge in [-0.3, -0.25) is 9.59 Å². The molecule has 0 spiro atoms. The summed E-state index contributed by atoms with van der Waals surface area (Å²) in [5.41, 5.74) is 2.72. The summed E-state index contributed by atoms with van der Waals surface area (Å²) in [5, 5.41) is 8.48. The maximum atomic E-state index is 12.9. The number of carbonyl (C=O) groups excluding carboxylic acids is 2. The van der Waals surface area contributed by atoms with Gasteiger partial charge in [0.2, 0.25) is 11.8 Å². The van der Waals surface area contributed by atoms with Gasteiger partial charge >= 0.3 is 0 Å². The zero-order valence-electron chi connectivity index (χ0n) is 16.5. The van der Waals surface area contributed by atoms with Gasteiger partial charge in [-0.15, -0.1) is 0 Å². The number of benzene rings is 3. The second-order valence-corrected chi connectivity index (χ2v) is 6.87. The van der Waals surface area contributed by atoms with E-state index in [-0.39, 0.29) is 36.8 Å². The first-order valence-electron chi connectivity index (χ1n) is 9.74. The Balaban J connectivity index is 1.50. The second-order valence-electron chi connectivity index (χ2n) is 6.87. The summed E-state index contributed by atoms with van der Waals surface area (Å²) in [6.45, 7) is -0.0806. The molecule has 0 saturated heterocycles. The molecule has 3 aromatic carbocycles. The molecule has 30 heavy (non-hydrogen) atoms. The van der Waals surface area contributed by atoms with Crippen LogP contribution in [0.2, 0.25) is 0 Å². The summed E-state index contributed by atoms with van der Waals surface area (Å²) in [7, 11) is 0. The van der Waals surface area contributed by atoms with Crippen molar-refractivity contribution in [3.63, 3.8) is 0 Å². The van der Waals surface area contributed by atoms with E-state index in [1.165, 1.54) is 24.3 Å². The number of carbonyl (C=O) groups is 2. The van der Waals surface area contributed by atoms with E-state index in [1.54, 1.807) is 0 Å². The Morgan fingerprint density at radius 2 is 1.40 bits per heavy atom. The lowest BCUT2D eigenvalue weighted by Crippen LogP contribution is -2.39. The maximum absolute atomic E-state index is 12.9. The first kappa shape index (κ1) is 21.2. The van der Waals surface area contributed by atoms with E-state index in [1.807, 2.05) is 48.5 Å². The topological polar surface area (TPSA) is 70.2 Å². The molecule has 2 amide bonds. The summed E-state index contributed by atoms with van der Waals surface area (Å²) >= 11 is 0. The number of nitrogens with one attached hydrogen (secondary N) is 3. The highest BCUT2D eigenvalue weighted by atomic mass is 19.1. The van der Waals surface area contributed by atoms with Crippen LogP contribution in [-0.4, -0.2) is 24.9 Å². The largest absolute Gasteiger partial charge is 0.346 e. The minimum absolute atomic E-state index is 0.0348. The van der Waals surface area contributed by atoms with Crippen LogP contribution in [0.1, 0.15) is 17.2 Å². The van der Waals surface area contributed by atoms with Crippen LogP contribution >= 0.6 is 0 Å². The molecule has 1 atom stereocenters. The fraction of sp³-hybridized carbons (Fsp3) is 0.167. The summed E-state index contributed by atoms with van der Waals surface area (Å²) in [4.78, 5) is 24.2. The molecule has 6 heteroatoms. The van der Waals surface area contributed by atoms with Crippen molar-refractivity contribution in [2.75, 3.05) is 18.4 Å². The third-order valence-electron chi connectivity index (χ3n) is 4.57. The van der Waals surface area contributed by atoms with Crippen molar-refractivity contribution in [2.45, 2.75) is 12.5 Å². The maximum Gasteiger partial charge on any atom is 0.243 e. The highest BCUT2D eigenvalue weighted by molar-refractivity contribution is 5.94. The minimum Gasteiger partial charge on any atom is -0.346 e. The van der Waals surface area contributed by atoms with Crippen LogP contribution in [0, 0.1) is 5.82 Å². The fourth-order valence-corrected chi connectivity index (χ4v) is 3.04. The van der Waals surface area contributed by atoms with E-state index in [9.17, 15) is 14.0 Å². The molecule has 5 nitrogen and oxygen atoms in total. The van der Waals surface area contributed by atoms with Crippen molar-refractivity contribution in [3.05, 3.63) is 102 Å². The van der Waals surface area contributed by atoms with Gasteiger partial charge in [-0.05, 0) is 41.8 Å². The van der Waals surface area contributed by atoms with Crippen LogP contribution in [0.15, 0.2) is 84.9 Å². The summed E-state index contributed by atoms with van der Waals surface area (Å²) in [6.07, 6.45) is 0.739. The van der Waals surface area contributed by atoms with Gasteiger partial charge in [-0.2, -0.15) is 0 Å². The number of rotatable bonds is 9. The predicted octanol–water partition coefficient (Wildman–Crippen LogP) is 3.45. The second kappa shape index (κ2) is 10.9. The summed E-state index contributed by atoms with van der Waals surface area (Å²) in [6, 6.07) is 25.4. The minimum atomic E-state index is -0.379. The van der Waals surface area contributed by atoms with Crippen LogP contribution in [0.4, 0.5) is 10.1 Å². The summed E-state index contributed by atoms with van der Waals surface area (Å²) in [5.74, 6) is -1.03. The number of hydrogen-bond donors (Lipinski definition) is 3. The molecule has 0 aromatic heterocycles. The molecule has 154 valence electrons. The van der Waals surface area contributed by atoms with Gasteiger partial charge in [0.15, 0.2) is 0 Å². The van der Waals surface area contributed by atoms with Crippen LogP contribution in [0.3, 0.4) is 0 Å². The molecule has 0 saturated carbocycles. The van der Waals surface area contributed by atoms with Crippen LogP contribution < -0.4 is 16.0 Å². The molecule has 0 heterocycles. The zero-order valence-corrected chi connectivity index (χ0v) is 16.5. The molecule has 0 fully saturated rings. The standard InChI is InChI=1S/C24H24FN3O2/c25-20-11-13-21(14-12-20)28-24(30)17-27-23(29)16-26-22(19-9-5-2-6-10-19)15-18-7-3-1-4-8-18/h1-14,22,26H,15-17H2,(H,27,29)(H,28,30). The van der Waals surface area contributed by atoms with Gasteiger partial charge < -0.3 is 16.0 Å². The van der Waals surface area contributed by atoms with Gasteiger partial charge in [-0.1, -0.05) is 60.7 Å². The quantitative estimate of drug-likeness (QED) is 0.511. The van der Waals surface area contributed by atoms with Gasteiger partial charge in [0, 0.05) is 11.7 Å². The molecule has 0 radical (unpaired) electrons. The van der Waals surface area contributed by atoms with Crippen LogP contribution in [0.5, 0.6) is 0 Å². The Kier molecular flexibility index (Phi) is 7.69. The number of anilines is 1. The van der Waals surface area contributed by atoms with E-state index in [0.717, 1.165) is 17.5 Å². The molecular formula is C24H24FN3O2. The molecule has 0 bridgehead atoms. The lowest BCUT2D eigenvalue weighted by molar-refractivity contribution is -0.123. The smallest absolute Gasteiger partial charge is 0.243 e.